The number of hydrogen-bond acceptors (Lipinski definition) is 2. The fourth-order valence-corrected chi connectivity index (χ4v) is 4.73. The number of halogens is 1. The zero-order valence-corrected chi connectivity index (χ0v) is 20.9. The number of aryl methyl sites for hydroxylation is 1. The second-order valence-electron chi connectivity index (χ2n) is 8.78. The third-order valence-electron chi connectivity index (χ3n) is 6.33. The van der Waals surface area contributed by atoms with Crippen molar-refractivity contribution in [3.05, 3.63) is 75.4 Å². The third kappa shape index (κ3) is 8.44. The number of carbonyl (C=O) groups excluding carboxylic acids is 1. The van der Waals surface area contributed by atoms with Crippen LogP contribution in [0.4, 0.5) is 0 Å². The van der Waals surface area contributed by atoms with Crippen molar-refractivity contribution in [2.75, 3.05) is 0 Å². The first-order valence-corrected chi connectivity index (χ1v) is 12.9. The van der Waals surface area contributed by atoms with E-state index in [1.807, 2.05) is 48.5 Å². The van der Waals surface area contributed by atoms with Gasteiger partial charge in [0.1, 0.15) is 5.75 Å². The molecule has 3 rings (SSSR count). The molecular weight excluding hydrogens is 495 g/mol. The minimum atomic E-state index is -0.307. The molecule has 0 N–H and O–H groups in total. The summed E-state index contributed by atoms with van der Waals surface area (Å²) in [5.41, 5.74) is 1.85. The molecule has 1 aliphatic carbocycles. The Bertz CT molecular complexity index is 815. The maximum absolute atomic E-state index is 12.3. The van der Waals surface area contributed by atoms with Gasteiger partial charge < -0.3 is 4.74 Å². The average molecular weight is 530 g/mol. The Kier molecular flexibility index (Phi) is 10.1. The smallest absolute Gasteiger partial charge is 0.343 e. The minimum Gasteiger partial charge on any atom is -0.423 e. The number of allylic oxidation sites excluding steroid dienone is 2. The lowest BCUT2D eigenvalue weighted by atomic mass is 9.79. The van der Waals surface area contributed by atoms with E-state index >= 15 is 0 Å². The molecule has 0 aliphatic heterocycles. The summed E-state index contributed by atoms with van der Waals surface area (Å²) in [5.74, 6) is 2.03. The zero-order chi connectivity index (χ0) is 21.9. The van der Waals surface area contributed by atoms with Crippen LogP contribution in [0.2, 0.25) is 0 Å². The van der Waals surface area contributed by atoms with Gasteiger partial charge in [-0.15, -0.1) is 0 Å². The number of ether oxygens (including phenoxy) is 1. The summed E-state index contributed by atoms with van der Waals surface area (Å²) in [6.45, 7) is 2.29. The molecule has 3 heteroatoms. The van der Waals surface area contributed by atoms with Crippen molar-refractivity contribution in [1.82, 2.24) is 0 Å². The molecule has 0 saturated heterocycles. The van der Waals surface area contributed by atoms with Crippen molar-refractivity contribution in [3.63, 3.8) is 0 Å². The molecular formula is C28H35IO2. The molecule has 0 radical (unpaired) electrons. The first kappa shape index (κ1) is 24.0. The molecule has 2 aromatic carbocycles. The van der Waals surface area contributed by atoms with Gasteiger partial charge in [0.2, 0.25) is 0 Å². The van der Waals surface area contributed by atoms with Crippen LogP contribution in [0.3, 0.4) is 0 Å². The lowest BCUT2D eigenvalue weighted by Crippen LogP contribution is -2.13. The summed E-state index contributed by atoms with van der Waals surface area (Å²) in [6, 6.07) is 15.3. The molecule has 0 spiro atoms. The maximum atomic E-state index is 12.3. The van der Waals surface area contributed by atoms with Crippen LogP contribution >= 0.6 is 22.6 Å². The predicted octanol–water partition coefficient (Wildman–Crippen LogP) is 8.39. The Balaban J connectivity index is 1.36. The lowest BCUT2D eigenvalue weighted by Gasteiger charge is -2.26. The highest BCUT2D eigenvalue weighted by atomic mass is 127. The first-order chi connectivity index (χ1) is 15.1. The van der Waals surface area contributed by atoms with E-state index in [4.69, 9.17) is 4.74 Å². The highest BCUT2D eigenvalue weighted by Crippen LogP contribution is 2.32. The van der Waals surface area contributed by atoms with Crippen LogP contribution in [-0.2, 0) is 6.42 Å². The van der Waals surface area contributed by atoms with Crippen molar-refractivity contribution in [1.29, 1.82) is 0 Å². The van der Waals surface area contributed by atoms with E-state index in [0.717, 1.165) is 28.2 Å². The number of rotatable bonds is 10. The monoisotopic (exact) mass is 530 g/mol. The summed E-state index contributed by atoms with van der Waals surface area (Å²) < 4.78 is 6.56. The van der Waals surface area contributed by atoms with Gasteiger partial charge in [0.15, 0.2) is 0 Å². The Labute approximate surface area is 201 Å². The fourth-order valence-electron chi connectivity index (χ4n) is 4.37. The first-order valence-electron chi connectivity index (χ1n) is 11.9. The molecule has 0 heterocycles. The molecule has 0 atom stereocenters. The second-order valence-corrected chi connectivity index (χ2v) is 10.0. The van der Waals surface area contributed by atoms with Gasteiger partial charge >= 0.3 is 5.97 Å². The van der Waals surface area contributed by atoms with E-state index < -0.39 is 0 Å². The normalized spacial score (nSPS) is 18.9. The van der Waals surface area contributed by atoms with Crippen LogP contribution in [0.15, 0.2) is 60.7 Å². The van der Waals surface area contributed by atoms with E-state index in [9.17, 15) is 4.79 Å². The van der Waals surface area contributed by atoms with Gasteiger partial charge in [-0.1, -0.05) is 56.9 Å². The van der Waals surface area contributed by atoms with Crippen LogP contribution in [0.1, 0.15) is 80.6 Å². The van der Waals surface area contributed by atoms with Gasteiger partial charge in [0, 0.05) is 3.57 Å². The van der Waals surface area contributed by atoms with Crippen molar-refractivity contribution in [3.8, 4) is 5.75 Å². The summed E-state index contributed by atoms with van der Waals surface area (Å²) in [7, 11) is 0. The van der Waals surface area contributed by atoms with Gasteiger partial charge in [-0.2, -0.15) is 0 Å². The highest BCUT2D eigenvalue weighted by molar-refractivity contribution is 14.1. The Morgan fingerprint density at radius 3 is 2.39 bits per heavy atom. The van der Waals surface area contributed by atoms with Crippen LogP contribution in [0.5, 0.6) is 5.75 Å². The number of benzene rings is 2. The van der Waals surface area contributed by atoms with Crippen LogP contribution < -0.4 is 4.74 Å². The molecule has 1 fully saturated rings. The number of esters is 1. The molecule has 31 heavy (non-hydrogen) atoms. The lowest BCUT2D eigenvalue weighted by molar-refractivity contribution is 0.0734. The summed E-state index contributed by atoms with van der Waals surface area (Å²) in [4.78, 5) is 12.3. The molecule has 2 nitrogen and oxygen atoms in total. The van der Waals surface area contributed by atoms with Crippen molar-refractivity contribution < 1.29 is 9.53 Å². The van der Waals surface area contributed by atoms with Crippen LogP contribution in [0.25, 0.3) is 0 Å². The minimum absolute atomic E-state index is 0.307. The van der Waals surface area contributed by atoms with Crippen LogP contribution in [-0.4, -0.2) is 5.97 Å². The van der Waals surface area contributed by atoms with Crippen molar-refractivity contribution >= 4 is 28.6 Å². The van der Waals surface area contributed by atoms with Gasteiger partial charge in [-0.05, 0) is 115 Å². The van der Waals surface area contributed by atoms with Crippen molar-refractivity contribution in [2.45, 2.75) is 71.1 Å². The molecule has 1 saturated carbocycles. The summed E-state index contributed by atoms with van der Waals surface area (Å²) >= 11 is 2.23. The third-order valence-corrected chi connectivity index (χ3v) is 7.05. The second kappa shape index (κ2) is 13.0. The molecule has 0 amide bonds. The SMILES string of the molecule is CCCCCC1CCC(/C=C/CCc2ccc(C(=O)Oc3ccc(I)cc3)cc2)CC1. The van der Waals surface area contributed by atoms with E-state index in [1.54, 1.807) is 0 Å². The Morgan fingerprint density at radius 1 is 1.00 bits per heavy atom. The fraction of sp³-hybridized carbons (Fsp3) is 0.464. The molecule has 0 aromatic heterocycles. The number of hydrogen-bond donors (Lipinski definition) is 0. The molecule has 166 valence electrons. The molecule has 1 aliphatic rings. The number of carbonyl (C=O) groups is 1. The number of unbranched alkanes of at least 4 members (excludes halogenated alkanes) is 2. The van der Waals surface area contributed by atoms with E-state index in [-0.39, 0.29) is 5.97 Å². The van der Waals surface area contributed by atoms with Gasteiger partial charge in [0.25, 0.3) is 0 Å². The van der Waals surface area contributed by atoms with Crippen molar-refractivity contribution in [2.24, 2.45) is 11.8 Å². The van der Waals surface area contributed by atoms with Gasteiger partial charge in [0.05, 0.1) is 5.56 Å². The maximum Gasteiger partial charge on any atom is 0.343 e. The largest absolute Gasteiger partial charge is 0.423 e. The van der Waals surface area contributed by atoms with E-state index in [0.29, 0.717) is 11.3 Å². The predicted molar refractivity (Wildman–Crippen MR) is 138 cm³/mol. The summed E-state index contributed by atoms with van der Waals surface area (Å²) in [6.07, 6.45) is 18.0. The topological polar surface area (TPSA) is 26.3 Å². The quantitative estimate of drug-likeness (QED) is 0.101. The van der Waals surface area contributed by atoms with Gasteiger partial charge in [-0.3, -0.25) is 0 Å². The zero-order valence-electron chi connectivity index (χ0n) is 18.7. The Morgan fingerprint density at radius 2 is 1.71 bits per heavy atom. The standard InChI is InChI=1S/C28H35IO2/c1-2-3-4-7-22-10-12-23(13-11-22)8-5-6-9-24-14-16-25(17-15-24)28(30)31-27-20-18-26(29)19-21-27/h5,8,14-23H,2-4,6-7,9-13H2,1H3/b8-5+. The van der Waals surface area contributed by atoms with E-state index in [1.165, 1.54) is 56.9 Å². The highest BCUT2D eigenvalue weighted by Gasteiger charge is 2.18. The Hall–Kier alpha value is -1.62. The van der Waals surface area contributed by atoms with E-state index in [2.05, 4.69) is 41.7 Å². The van der Waals surface area contributed by atoms with Gasteiger partial charge in [-0.25, -0.2) is 4.79 Å². The molecule has 0 bridgehead atoms. The van der Waals surface area contributed by atoms with Crippen LogP contribution in [0, 0.1) is 15.4 Å². The molecule has 2 aromatic rings. The average Bonchev–Trinajstić information content (AvgIpc) is 2.80. The summed E-state index contributed by atoms with van der Waals surface area (Å²) in [5, 5.41) is 0. The molecule has 0 unspecified atom stereocenters.